The lowest BCUT2D eigenvalue weighted by molar-refractivity contribution is 0.521. The molecule has 0 atom stereocenters. The van der Waals surface area contributed by atoms with Crippen LogP contribution in [0.25, 0.3) is 0 Å². The van der Waals surface area contributed by atoms with Gasteiger partial charge in [-0.3, -0.25) is 14.4 Å². The number of rotatable bonds is 5. The van der Waals surface area contributed by atoms with E-state index < -0.39 is 26.6 Å². The number of nitrogens with one attached hydrogen (secondary N) is 1. The normalized spacial score (nSPS) is 11.4. The van der Waals surface area contributed by atoms with Gasteiger partial charge in [0, 0.05) is 12.4 Å². The second kappa shape index (κ2) is 6.36. The molecule has 0 fully saturated rings. The average molecular weight is 350 g/mol. The summed E-state index contributed by atoms with van der Waals surface area (Å²) in [6.07, 6.45) is 4.29. The van der Waals surface area contributed by atoms with Gasteiger partial charge in [0.15, 0.2) is 4.90 Å². The summed E-state index contributed by atoms with van der Waals surface area (Å²) in [6, 6.07) is 8.23. The van der Waals surface area contributed by atoms with E-state index in [4.69, 9.17) is 0 Å². The van der Waals surface area contributed by atoms with Crippen molar-refractivity contribution in [3.05, 3.63) is 72.3 Å². The molecule has 0 aliphatic carbocycles. The maximum absolute atomic E-state index is 13.7. The molecule has 0 saturated carbocycles. The Hall–Kier alpha value is -2.81. The highest BCUT2D eigenvalue weighted by atomic mass is 32.2. The smallest absolute Gasteiger partial charge is 0.267 e. The van der Waals surface area contributed by atoms with Gasteiger partial charge in [-0.2, -0.15) is 5.10 Å². The van der Waals surface area contributed by atoms with Crippen LogP contribution >= 0.6 is 0 Å². The van der Waals surface area contributed by atoms with Crippen molar-refractivity contribution in [1.29, 1.82) is 0 Å². The molecule has 0 radical (unpaired) electrons. The lowest BCUT2D eigenvalue weighted by atomic mass is 10.3. The lowest BCUT2D eigenvalue weighted by Crippen LogP contribution is -2.16. The predicted octanol–water partition coefficient (Wildman–Crippen LogP) is 2.41. The first kappa shape index (κ1) is 16.1. The van der Waals surface area contributed by atoms with Gasteiger partial charge in [-0.25, -0.2) is 17.2 Å². The van der Waals surface area contributed by atoms with Gasteiger partial charge in [0.25, 0.3) is 10.0 Å². The van der Waals surface area contributed by atoms with Crippen LogP contribution in [0.2, 0.25) is 0 Å². The van der Waals surface area contributed by atoms with Gasteiger partial charge in [-0.05, 0) is 24.3 Å². The highest BCUT2D eigenvalue weighted by Crippen LogP contribution is 2.21. The van der Waals surface area contributed by atoms with Crippen molar-refractivity contribution in [2.75, 3.05) is 4.72 Å². The third kappa shape index (κ3) is 3.40. The van der Waals surface area contributed by atoms with Crippen LogP contribution in [-0.2, 0) is 16.6 Å². The fraction of sp³-hybridized carbons (Fsp3) is 0.0667. The van der Waals surface area contributed by atoms with Crippen LogP contribution in [0.1, 0.15) is 5.69 Å². The molecule has 24 heavy (non-hydrogen) atoms. The predicted molar refractivity (Wildman–Crippen MR) is 82.7 cm³/mol. The van der Waals surface area contributed by atoms with E-state index in [-0.39, 0.29) is 5.69 Å². The Balaban J connectivity index is 1.81. The third-order valence-corrected chi connectivity index (χ3v) is 4.56. The van der Waals surface area contributed by atoms with Gasteiger partial charge in [0.2, 0.25) is 0 Å². The van der Waals surface area contributed by atoms with E-state index in [1.165, 1.54) is 17.1 Å². The Morgan fingerprint density at radius 1 is 1.08 bits per heavy atom. The first-order chi connectivity index (χ1) is 11.5. The van der Waals surface area contributed by atoms with Crippen molar-refractivity contribution >= 4 is 15.7 Å². The number of aromatic nitrogens is 3. The molecule has 9 heteroatoms. The third-order valence-electron chi connectivity index (χ3n) is 3.12. The van der Waals surface area contributed by atoms with Crippen molar-refractivity contribution < 1.29 is 17.2 Å². The van der Waals surface area contributed by atoms with Crippen molar-refractivity contribution in [3.63, 3.8) is 0 Å². The van der Waals surface area contributed by atoms with E-state index in [2.05, 4.69) is 14.8 Å². The summed E-state index contributed by atoms with van der Waals surface area (Å²) in [4.78, 5) is 3.10. The van der Waals surface area contributed by atoms with Crippen molar-refractivity contribution in [1.82, 2.24) is 14.8 Å². The van der Waals surface area contributed by atoms with Gasteiger partial charge < -0.3 is 0 Å². The molecule has 2 aromatic heterocycles. The molecule has 0 aliphatic heterocycles. The number of sulfonamides is 1. The summed E-state index contributed by atoms with van der Waals surface area (Å²) >= 11 is 0. The van der Waals surface area contributed by atoms with Gasteiger partial charge in [0.1, 0.15) is 11.6 Å². The van der Waals surface area contributed by atoms with E-state index in [0.717, 1.165) is 23.9 Å². The first-order valence-corrected chi connectivity index (χ1v) is 8.33. The molecule has 1 aromatic carbocycles. The molecule has 0 saturated heterocycles. The monoisotopic (exact) mass is 350 g/mol. The number of hydrogen-bond acceptors (Lipinski definition) is 4. The number of pyridine rings is 1. The zero-order chi connectivity index (χ0) is 17.2. The highest BCUT2D eigenvalue weighted by Gasteiger charge is 2.24. The molecule has 1 N–H and O–H groups in total. The summed E-state index contributed by atoms with van der Waals surface area (Å²) in [5.41, 5.74) is 0.823. The molecular formula is C15H12F2N4O2S. The molecule has 0 amide bonds. The minimum absolute atomic E-state index is 0.0913. The fourth-order valence-electron chi connectivity index (χ4n) is 2.11. The average Bonchev–Trinajstić information content (AvgIpc) is 2.94. The van der Waals surface area contributed by atoms with E-state index >= 15 is 0 Å². The van der Waals surface area contributed by atoms with Gasteiger partial charge in [-0.1, -0.05) is 12.1 Å². The Morgan fingerprint density at radius 2 is 1.83 bits per heavy atom. The zero-order valence-corrected chi connectivity index (χ0v) is 13.0. The summed E-state index contributed by atoms with van der Waals surface area (Å²) in [5.74, 6) is -2.33. The molecule has 6 nitrogen and oxygen atoms in total. The lowest BCUT2D eigenvalue weighted by Gasteiger charge is -2.07. The maximum Gasteiger partial charge on any atom is 0.267 e. The van der Waals surface area contributed by atoms with E-state index in [9.17, 15) is 17.2 Å². The second-order valence-electron chi connectivity index (χ2n) is 4.90. The van der Waals surface area contributed by atoms with Crippen LogP contribution in [0.4, 0.5) is 14.5 Å². The van der Waals surface area contributed by atoms with E-state index in [0.29, 0.717) is 6.54 Å². The second-order valence-corrected chi connectivity index (χ2v) is 6.52. The Labute approximate surface area is 136 Å². The summed E-state index contributed by atoms with van der Waals surface area (Å²) in [5, 5.41) is 4.00. The number of halogens is 2. The van der Waals surface area contributed by atoms with Crippen LogP contribution in [-0.4, -0.2) is 23.2 Å². The standard InChI is InChI=1S/C15H12F2N4O2S/c16-13-5-3-6-14(17)15(13)24(22,23)20-12-8-19-21(10-12)9-11-4-1-2-7-18-11/h1-8,10,20H,9H2. The highest BCUT2D eigenvalue weighted by molar-refractivity contribution is 7.92. The summed E-state index contributed by atoms with van der Waals surface area (Å²) in [7, 11) is -4.40. The van der Waals surface area contributed by atoms with Crippen LogP contribution in [0, 0.1) is 11.6 Å². The maximum atomic E-state index is 13.7. The fourth-order valence-corrected chi connectivity index (χ4v) is 3.27. The van der Waals surface area contributed by atoms with Gasteiger partial charge >= 0.3 is 0 Å². The van der Waals surface area contributed by atoms with Crippen LogP contribution in [0.15, 0.2) is 59.9 Å². The molecule has 124 valence electrons. The Bertz CT molecular complexity index is 938. The SMILES string of the molecule is O=S(=O)(Nc1cnn(Cc2ccccn2)c1)c1c(F)cccc1F. The largest absolute Gasteiger partial charge is 0.276 e. The molecule has 3 aromatic rings. The number of anilines is 1. The van der Waals surface area contributed by atoms with Crippen LogP contribution < -0.4 is 4.72 Å². The van der Waals surface area contributed by atoms with Gasteiger partial charge in [-0.15, -0.1) is 0 Å². The first-order valence-electron chi connectivity index (χ1n) is 6.85. The van der Waals surface area contributed by atoms with E-state index in [1.54, 1.807) is 18.3 Å². The number of nitrogens with zero attached hydrogens (tertiary/aromatic N) is 3. The van der Waals surface area contributed by atoms with Crippen molar-refractivity contribution in [3.8, 4) is 0 Å². The van der Waals surface area contributed by atoms with Gasteiger partial charge in [0.05, 0.1) is 24.1 Å². The van der Waals surface area contributed by atoms with Crippen molar-refractivity contribution in [2.45, 2.75) is 11.4 Å². The van der Waals surface area contributed by atoms with E-state index in [1.807, 2.05) is 6.07 Å². The molecular weight excluding hydrogens is 338 g/mol. The topological polar surface area (TPSA) is 76.9 Å². The summed E-state index contributed by atoms with van der Waals surface area (Å²) in [6.45, 7) is 0.330. The minimum Gasteiger partial charge on any atom is -0.276 e. The molecule has 0 spiro atoms. The molecule has 3 rings (SSSR count). The quantitative estimate of drug-likeness (QED) is 0.767. The van der Waals surface area contributed by atoms with Crippen molar-refractivity contribution in [2.24, 2.45) is 0 Å². The Kier molecular flexibility index (Phi) is 4.26. The number of hydrogen-bond donors (Lipinski definition) is 1. The number of benzene rings is 1. The Morgan fingerprint density at radius 3 is 2.50 bits per heavy atom. The zero-order valence-electron chi connectivity index (χ0n) is 12.2. The molecule has 2 heterocycles. The molecule has 0 aliphatic rings. The molecule has 0 bridgehead atoms. The van der Waals surface area contributed by atoms with Crippen LogP contribution in [0.3, 0.4) is 0 Å². The minimum atomic E-state index is -4.40. The van der Waals surface area contributed by atoms with Crippen LogP contribution in [0.5, 0.6) is 0 Å². The molecule has 0 unspecified atom stereocenters. The summed E-state index contributed by atoms with van der Waals surface area (Å²) < 4.78 is 55.2.